The number of nitrogens with one attached hydrogen (secondary N) is 2. The van der Waals surface area contributed by atoms with E-state index in [0.717, 1.165) is 37.6 Å². The number of carbonyl (C=O) groups is 1. The number of piperazine rings is 1. The van der Waals surface area contributed by atoms with Gasteiger partial charge >= 0.3 is 0 Å². The first-order chi connectivity index (χ1) is 14.2. The molecule has 2 aromatic heterocycles. The van der Waals surface area contributed by atoms with E-state index in [0.29, 0.717) is 17.9 Å². The number of rotatable bonds is 6. The number of hydrogen-bond acceptors (Lipinski definition) is 6. The summed E-state index contributed by atoms with van der Waals surface area (Å²) in [5.41, 5.74) is 2.50. The van der Waals surface area contributed by atoms with Crippen LogP contribution in [0.4, 0.5) is 17.2 Å². The van der Waals surface area contributed by atoms with E-state index in [1.165, 1.54) is 5.69 Å². The van der Waals surface area contributed by atoms with Crippen molar-refractivity contribution in [2.24, 2.45) is 0 Å². The summed E-state index contributed by atoms with van der Waals surface area (Å²) in [6, 6.07) is 15.2. The van der Waals surface area contributed by atoms with E-state index in [2.05, 4.69) is 44.6 Å². The van der Waals surface area contributed by atoms with Gasteiger partial charge in [0.05, 0.1) is 12.8 Å². The molecule has 7 nitrogen and oxygen atoms in total. The molecule has 1 aliphatic heterocycles. The van der Waals surface area contributed by atoms with E-state index in [4.69, 9.17) is 4.42 Å². The molecule has 0 aliphatic carbocycles. The van der Waals surface area contributed by atoms with Crippen LogP contribution < -0.4 is 15.5 Å². The first kappa shape index (κ1) is 19.0. The molecule has 3 heterocycles. The fourth-order valence-electron chi connectivity index (χ4n) is 3.28. The van der Waals surface area contributed by atoms with Crippen LogP contribution in [-0.2, 0) is 6.54 Å². The van der Waals surface area contributed by atoms with Crippen molar-refractivity contribution in [3.8, 4) is 0 Å². The first-order valence-corrected chi connectivity index (χ1v) is 9.74. The van der Waals surface area contributed by atoms with Crippen LogP contribution in [0.1, 0.15) is 16.1 Å². The number of likely N-dealkylation sites (N-methyl/N-ethyl adjacent to an activating group) is 1. The zero-order valence-corrected chi connectivity index (χ0v) is 16.5. The van der Waals surface area contributed by atoms with Crippen LogP contribution in [0.5, 0.6) is 0 Å². The van der Waals surface area contributed by atoms with Gasteiger partial charge in [0, 0.05) is 49.3 Å². The number of pyridine rings is 1. The van der Waals surface area contributed by atoms with Gasteiger partial charge in [-0.1, -0.05) is 0 Å². The summed E-state index contributed by atoms with van der Waals surface area (Å²) >= 11 is 0. The zero-order valence-electron chi connectivity index (χ0n) is 16.5. The first-order valence-electron chi connectivity index (χ1n) is 9.74. The molecule has 4 rings (SSSR count). The van der Waals surface area contributed by atoms with Crippen LogP contribution in [0, 0.1) is 0 Å². The maximum Gasteiger partial charge on any atom is 0.255 e. The fraction of sp³-hybridized carbons (Fsp3) is 0.273. The van der Waals surface area contributed by atoms with Crippen molar-refractivity contribution >= 4 is 23.1 Å². The Bertz CT molecular complexity index is 932. The summed E-state index contributed by atoms with van der Waals surface area (Å²) in [4.78, 5) is 21.6. The molecule has 1 saturated heterocycles. The molecule has 0 saturated carbocycles. The van der Waals surface area contributed by atoms with Crippen molar-refractivity contribution in [2.45, 2.75) is 6.54 Å². The highest BCUT2D eigenvalue weighted by Crippen LogP contribution is 2.20. The lowest BCUT2D eigenvalue weighted by molar-refractivity contribution is 0.102. The second-order valence-corrected chi connectivity index (χ2v) is 7.15. The summed E-state index contributed by atoms with van der Waals surface area (Å²) in [6.07, 6.45) is 3.25. The number of anilines is 3. The summed E-state index contributed by atoms with van der Waals surface area (Å²) in [6.45, 7) is 4.69. The van der Waals surface area contributed by atoms with Gasteiger partial charge < -0.3 is 24.9 Å². The maximum absolute atomic E-state index is 12.6. The van der Waals surface area contributed by atoms with Gasteiger partial charge in [-0.25, -0.2) is 4.98 Å². The molecule has 0 spiro atoms. The molecule has 1 amide bonds. The Balaban J connectivity index is 1.35. The molecule has 1 aromatic carbocycles. The SMILES string of the molecule is CN1CCN(c2ccc(NC(=O)c3ccnc(NCc4ccco4)c3)cc2)CC1. The molecule has 150 valence electrons. The van der Waals surface area contributed by atoms with E-state index < -0.39 is 0 Å². The average Bonchev–Trinajstić information content (AvgIpc) is 3.27. The average molecular weight is 391 g/mol. The van der Waals surface area contributed by atoms with Gasteiger partial charge in [0.2, 0.25) is 0 Å². The maximum atomic E-state index is 12.6. The lowest BCUT2D eigenvalue weighted by atomic mass is 10.2. The van der Waals surface area contributed by atoms with Crippen LogP contribution in [0.15, 0.2) is 65.4 Å². The standard InChI is InChI=1S/C22H25N5O2/c1-26-10-12-27(13-11-26)19-6-4-18(5-7-19)25-22(28)17-8-9-23-21(15-17)24-16-20-3-2-14-29-20/h2-9,14-15H,10-13,16H2,1H3,(H,23,24)(H,25,28). The van der Waals surface area contributed by atoms with Gasteiger partial charge in [0.1, 0.15) is 11.6 Å². The van der Waals surface area contributed by atoms with E-state index in [1.54, 1.807) is 24.6 Å². The normalized spacial score (nSPS) is 14.6. The number of nitrogens with zero attached hydrogens (tertiary/aromatic N) is 3. The summed E-state index contributed by atoms with van der Waals surface area (Å²) < 4.78 is 5.30. The van der Waals surface area contributed by atoms with E-state index in [1.807, 2.05) is 24.3 Å². The number of amides is 1. The predicted molar refractivity (Wildman–Crippen MR) is 114 cm³/mol. The van der Waals surface area contributed by atoms with Crippen molar-refractivity contribution in [1.82, 2.24) is 9.88 Å². The number of furan rings is 1. The predicted octanol–water partition coefficient (Wildman–Crippen LogP) is 3.29. The quantitative estimate of drug-likeness (QED) is 0.672. The summed E-state index contributed by atoms with van der Waals surface area (Å²) in [5.74, 6) is 1.27. The summed E-state index contributed by atoms with van der Waals surface area (Å²) in [7, 11) is 2.15. The third kappa shape index (κ3) is 4.94. The van der Waals surface area contributed by atoms with E-state index >= 15 is 0 Å². The minimum Gasteiger partial charge on any atom is -0.467 e. The lowest BCUT2D eigenvalue weighted by Gasteiger charge is -2.34. The number of carbonyl (C=O) groups excluding carboxylic acids is 1. The highest BCUT2D eigenvalue weighted by atomic mass is 16.3. The van der Waals surface area contributed by atoms with Crippen LogP contribution in [0.25, 0.3) is 0 Å². The molecule has 3 aromatic rings. The molecular formula is C22H25N5O2. The molecule has 29 heavy (non-hydrogen) atoms. The Morgan fingerprint density at radius 3 is 2.62 bits per heavy atom. The third-order valence-electron chi connectivity index (χ3n) is 5.04. The minimum absolute atomic E-state index is 0.166. The summed E-state index contributed by atoms with van der Waals surface area (Å²) in [5, 5.41) is 6.11. The highest BCUT2D eigenvalue weighted by molar-refractivity contribution is 6.04. The topological polar surface area (TPSA) is 73.6 Å². The molecule has 7 heteroatoms. The highest BCUT2D eigenvalue weighted by Gasteiger charge is 2.14. The number of aromatic nitrogens is 1. The molecule has 1 aliphatic rings. The molecule has 0 radical (unpaired) electrons. The van der Waals surface area contributed by atoms with Gasteiger partial charge in [-0.2, -0.15) is 0 Å². The molecule has 1 fully saturated rings. The largest absolute Gasteiger partial charge is 0.467 e. The van der Waals surface area contributed by atoms with E-state index in [9.17, 15) is 4.79 Å². The van der Waals surface area contributed by atoms with Gasteiger partial charge in [-0.15, -0.1) is 0 Å². The van der Waals surface area contributed by atoms with Gasteiger partial charge in [0.15, 0.2) is 0 Å². The lowest BCUT2D eigenvalue weighted by Crippen LogP contribution is -2.44. The monoisotopic (exact) mass is 391 g/mol. The van der Waals surface area contributed by atoms with Gasteiger partial charge in [-0.05, 0) is 55.6 Å². The van der Waals surface area contributed by atoms with Crippen molar-refractivity contribution in [2.75, 3.05) is 48.8 Å². The number of hydrogen-bond donors (Lipinski definition) is 2. The van der Waals surface area contributed by atoms with Crippen LogP contribution >= 0.6 is 0 Å². The number of benzene rings is 1. The molecule has 2 N–H and O–H groups in total. The second kappa shape index (κ2) is 8.79. The Labute approximate surface area is 170 Å². The van der Waals surface area contributed by atoms with Crippen molar-refractivity contribution in [1.29, 1.82) is 0 Å². The van der Waals surface area contributed by atoms with Crippen LogP contribution in [0.3, 0.4) is 0 Å². The van der Waals surface area contributed by atoms with Crippen LogP contribution in [-0.4, -0.2) is 49.0 Å². The Kier molecular flexibility index (Phi) is 5.76. The van der Waals surface area contributed by atoms with Crippen molar-refractivity contribution in [3.63, 3.8) is 0 Å². The second-order valence-electron chi connectivity index (χ2n) is 7.15. The molecule has 0 bridgehead atoms. The molecule has 0 atom stereocenters. The zero-order chi connectivity index (χ0) is 20.1. The van der Waals surface area contributed by atoms with Crippen LogP contribution in [0.2, 0.25) is 0 Å². The Morgan fingerprint density at radius 1 is 1.10 bits per heavy atom. The minimum atomic E-state index is -0.166. The smallest absolute Gasteiger partial charge is 0.255 e. The Hall–Kier alpha value is -3.32. The molecule has 0 unspecified atom stereocenters. The molecular weight excluding hydrogens is 366 g/mol. The van der Waals surface area contributed by atoms with E-state index in [-0.39, 0.29) is 5.91 Å². The van der Waals surface area contributed by atoms with Gasteiger partial charge in [0.25, 0.3) is 5.91 Å². The van der Waals surface area contributed by atoms with Gasteiger partial charge in [-0.3, -0.25) is 4.79 Å². The van der Waals surface area contributed by atoms with Crippen molar-refractivity contribution in [3.05, 3.63) is 72.3 Å². The Morgan fingerprint density at radius 2 is 1.90 bits per heavy atom. The fourth-order valence-corrected chi connectivity index (χ4v) is 3.28. The van der Waals surface area contributed by atoms with Crippen molar-refractivity contribution < 1.29 is 9.21 Å². The third-order valence-corrected chi connectivity index (χ3v) is 5.04.